The monoisotopic (exact) mass is 428 g/mol. The number of rotatable bonds is 2. The highest BCUT2D eigenvalue weighted by Crippen LogP contribution is 2.42. The minimum absolute atomic E-state index is 0.0194. The van der Waals surface area contributed by atoms with Crippen molar-refractivity contribution in [3.8, 4) is 23.0 Å². The van der Waals surface area contributed by atoms with Gasteiger partial charge in [-0.05, 0) is 55.0 Å². The summed E-state index contributed by atoms with van der Waals surface area (Å²) in [6, 6.07) is 15.3. The normalized spacial score (nSPS) is 18.9. The van der Waals surface area contributed by atoms with E-state index in [9.17, 15) is 15.0 Å². The number of fused-ring (bicyclic) bond motifs is 2. The molecule has 160 valence electrons. The van der Waals surface area contributed by atoms with Gasteiger partial charge < -0.3 is 19.7 Å². The lowest BCUT2D eigenvalue weighted by molar-refractivity contribution is -0.166. The maximum absolute atomic E-state index is 13.0. The molecule has 2 aliphatic heterocycles. The third kappa shape index (κ3) is 3.06. The third-order valence-corrected chi connectivity index (χ3v) is 5.53. The molecule has 0 saturated carbocycles. The highest BCUT2D eigenvalue weighted by molar-refractivity contribution is 5.98. The number of hydrogen-bond donors (Lipinski definition) is 2. The summed E-state index contributed by atoms with van der Waals surface area (Å²) >= 11 is 0. The number of aliphatic imine (C=N–C) groups is 1. The molecule has 0 radical (unpaired) electrons. The lowest BCUT2D eigenvalue weighted by atomic mass is 10.0. The summed E-state index contributed by atoms with van der Waals surface area (Å²) in [7, 11) is 1.59. The van der Waals surface area contributed by atoms with Crippen LogP contribution in [0.15, 0.2) is 65.7 Å². The Bertz CT molecular complexity index is 1310. The quantitative estimate of drug-likeness (QED) is 0.591. The van der Waals surface area contributed by atoms with E-state index in [0.717, 1.165) is 5.56 Å². The maximum atomic E-state index is 13.0. The molecule has 7 heteroatoms. The number of phenolic OH excluding ortho intramolecular Hbond substituents is 2. The molecule has 0 saturated heterocycles. The van der Waals surface area contributed by atoms with Gasteiger partial charge in [-0.3, -0.25) is 14.7 Å². The molecule has 2 aliphatic rings. The number of hydrogen-bond acceptors (Lipinski definition) is 6. The Balaban J connectivity index is 1.58. The maximum Gasteiger partial charge on any atom is 0.362 e. The van der Waals surface area contributed by atoms with E-state index in [-0.39, 0.29) is 17.4 Å². The Labute approximate surface area is 184 Å². The zero-order valence-electron chi connectivity index (χ0n) is 17.4. The molecule has 32 heavy (non-hydrogen) atoms. The molecule has 7 nitrogen and oxygen atoms in total. The topological polar surface area (TPSA) is 91.6 Å². The summed E-state index contributed by atoms with van der Waals surface area (Å²) in [4.78, 5) is 18.7. The Hall–Kier alpha value is -4.26. The molecule has 0 fully saturated rings. The number of para-hydroxylation sites is 1. The van der Waals surface area contributed by atoms with Gasteiger partial charge >= 0.3 is 5.91 Å². The number of ether oxygens (including phenoxy) is 2. The SMILES string of the molecule is Cc1ccc(O)c(N=Cc2c(O)ccc3c2OC2(C=C3)Oc3ccccc3C(=O)N2C)c1. The van der Waals surface area contributed by atoms with Crippen LogP contribution in [-0.2, 0) is 0 Å². The van der Waals surface area contributed by atoms with E-state index < -0.39 is 5.91 Å². The van der Waals surface area contributed by atoms with Gasteiger partial charge in [0.1, 0.15) is 28.7 Å². The molecule has 2 N–H and O–H groups in total. The minimum atomic E-state index is -1.51. The fraction of sp³-hybridized carbons (Fsp3) is 0.120. The molecule has 3 aromatic carbocycles. The van der Waals surface area contributed by atoms with Crippen LogP contribution < -0.4 is 9.47 Å². The standard InChI is InChI=1S/C25H20N2O5/c1-15-7-9-21(29)19(13-15)26-14-18-20(28)10-8-16-11-12-25(32-23(16)18)27(2)24(30)17-5-3-4-6-22(17)31-25/h3-14,28-29H,1-2H3. The van der Waals surface area contributed by atoms with Crippen LogP contribution in [0.4, 0.5) is 5.69 Å². The van der Waals surface area contributed by atoms with Crippen molar-refractivity contribution < 1.29 is 24.5 Å². The second-order valence-corrected chi connectivity index (χ2v) is 7.70. The van der Waals surface area contributed by atoms with Crippen LogP contribution in [-0.4, -0.2) is 40.2 Å². The third-order valence-electron chi connectivity index (χ3n) is 5.53. The predicted octanol–water partition coefficient (Wildman–Crippen LogP) is 4.38. The van der Waals surface area contributed by atoms with Gasteiger partial charge in [-0.25, -0.2) is 0 Å². The van der Waals surface area contributed by atoms with Crippen LogP contribution in [0.25, 0.3) is 6.08 Å². The molecule has 0 aliphatic carbocycles. The van der Waals surface area contributed by atoms with E-state index in [2.05, 4.69) is 4.99 Å². The van der Waals surface area contributed by atoms with Gasteiger partial charge in [0.2, 0.25) is 0 Å². The molecule has 5 rings (SSSR count). The van der Waals surface area contributed by atoms with Crippen LogP contribution in [0, 0.1) is 6.92 Å². The van der Waals surface area contributed by atoms with Gasteiger partial charge in [0.25, 0.3) is 5.91 Å². The fourth-order valence-corrected chi connectivity index (χ4v) is 3.74. The van der Waals surface area contributed by atoms with E-state index in [1.165, 1.54) is 17.2 Å². The first-order chi connectivity index (χ1) is 15.4. The van der Waals surface area contributed by atoms with Crippen LogP contribution in [0.5, 0.6) is 23.0 Å². The average Bonchev–Trinajstić information content (AvgIpc) is 2.79. The molecule has 1 atom stereocenters. The number of aromatic hydroxyl groups is 2. The first-order valence-electron chi connectivity index (χ1n) is 10.0. The molecule has 2 heterocycles. The molecular formula is C25H20N2O5. The van der Waals surface area contributed by atoms with Gasteiger partial charge in [0, 0.05) is 24.9 Å². The van der Waals surface area contributed by atoms with Crippen molar-refractivity contribution in [2.45, 2.75) is 12.8 Å². The van der Waals surface area contributed by atoms with Crippen molar-refractivity contribution in [1.82, 2.24) is 4.90 Å². The van der Waals surface area contributed by atoms with Crippen molar-refractivity contribution in [2.75, 3.05) is 7.05 Å². The zero-order chi connectivity index (χ0) is 22.5. The second kappa shape index (κ2) is 7.16. The van der Waals surface area contributed by atoms with Gasteiger partial charge in [-0.15, -0.1) is 0 Å². The summed E-state index contributed by atoms with van der Waals surface area (Å²) in [5, 5.41) is 20.6. The number of nitrogens with zero attached hydrogens (tertiary/aromatic N) is 2. The molecule has 1 amide bonds. The van der Waals surface area contributed by atoms with E-state index in [1.807, 2.05) is 6.92 Å². The Morgan fingerprint density at radius 3 is 2.66 bits per heavy atom. The van der Waals surface area contributed by atoms with Crippen molar-refractivity contribution in [3.63, 3.8) is 0 Å². The molecule has 0 bridgehead atoms. The Kier molecular flexibility index (Phi) is 4.41. The highest BCUT2D eigenvalue weighted by Gasteiger charge is 2.48. The Morgan fingerprint density at radius 2 is 1.81 bits per heavy atom. The van der Waals surface area contributed by atoms with Gasteiger partial charge in [0.15, 0.2) is 0 Å². The van der Waals surface area contributed by atoms with Crippen LogP contribution in [0.1, 0.15) is 27.0 Å². The molecule has 0 aromatic heterocycles. The van der Waals surface area contributed by atoms with Gasteiger partial charge in [0.05, 0.1) is 11.1 Å². The number of carbonyl (C=O) groups is 1. The number of benzene rings is 3. The van der Waals surface area contributed by atoms with Crippen molar-refractivity contribution in [1.29, 1.82) is 0 Å². The van der Waals surface area contributed by atoms with E-state index in [1.54, 1.807) is 67.7 Å². The number of amides is 1. The fourth-order valence-electron chi connectivity index (χ4n) is 3.74. The number of carbonyl (C=O) groups excluding carboxylic acids is 1. The number of phenols is 2. The Morgan fingerprint density at radius 1 is 1.03 bits per heavy atom. The molecule has 3 aromatic rings. The number of likely N-dealkylation sites (N-methyl/N-ethyl adjacent to an activating group) is 1. The molecule has 1 unspecified atom stereocenters. The lowest BCUT2D eigenvalue weighted by Gasteiger charge is -2.44. The second-order valence-electron chi connectivity index (χ2n) is 7.70. The van der Waals surface area contributed by atoms with Gasteiger partial charge in [-0.2, -0.15) is 0 Å². The molecular weight excluding hydrogens is 408 g/mol. The smallest absolute Gasteiger partial charge is 0.362 e. The summed E-state index contributed by atoms with van der Waals surface area (Å²) in [6.07, 6.45) is 4.86. The summed E-state index contributed by atoms with van der Waals surface area (Å²) in [5.41, 5.74) is 2.72. The van der Waals surface area contributed by atoms with Crippen LogP contribution in [0.3, 0.4) is 0 Å². The molecule has 1 spiro atoms. The van der Waals surface area contributed by atoms with Crippen LogP contribution in [0.2, 0.25) is 0 Å². The lowest BCUT2D eigenvalue weighted by Crippen LogP contribution is -2.60. The van der Waals surface area contributed by atoms with Gasteiger partial charge in [-0.1, -0.05) is 18.2 Å². The van der Waals surface area contributed by atoms with Crippen molar-refractivity contribution >= 4 is 23.9 Å². The average molecular weight is 428 g/mol. The highest BCUT2D eigenvalue weighted by atomic mass is 16.7. The largest absolute Gasteiger partial charge is 0.507 e. The zero-order valence-corrected chi connectivity index (χ0v) is 17.4. The first kappa shape index (κ1) is 19.7. The number of aryl methyl sites for hydroxylation is 1. The van der Waals surface area contributed by atoms with Crippen molar-refractivity contribution in [3.05, 3.63) is 82.9 Å². The summed E-state index contributed by atoms with van der Waals surface area (Å²) in [6.45, 7) is 1.89. The van der Waals surface area contributed by atoms with Crippen molar-refractivity contribution in [2.24, 2.45) is 4.99 Å². The minimum Gasteiger partial charge on any atom is -0.507 e. The van der Waals surface area contributed by atoms with E-state index >= 15 is 0 Å². The summed E-state index contributed by atoms with van der Waals surface area (Å²) in [5.74, 6) is -1.09. The van der Waals surface area contributed by atoms with Crippen LogP contribution >= 0.6 is 0 Å². The summed E-state index contributed by atoms with van der Waals surface area (Å²) < 4.78 is 12.4. The first-order valence-corrected chi connectivity index (χ1v) is 10.0. The predicted molar refractivity (Wildman–Crippen MR) is 120 cm³/mol. The van der Waals surface area contributed by atoms with E-state index in [0.29, 0.717) is 33.9 Å². The van der Waals surface area contributed by atoms with E-state index in [4.69, 9.17) is 9.47 Å².